The molecule has 0 spiro atoms. The maximum Gasteiger partial charge on any atom is 0.251 e. The van der Waals surface area contributed by atoms with Crippen molar-refractivity contribution < 1.29 is 4.79 Å². The van der Waals surface area contributed by atoms with E-state index in [1.165, 1.54) is 24.9 Å². The highest BCUT2D eigenvalue weighted by Gasteiger charge is 2.11. The van der Waals surface area contributed by atoms with Gasteiger partial charge in [-0.15, -0.1) is 0 Å². The number of hydrogen-bond donors (Lipinski definition) is 2. The number of nitrogens with zero attached hydrogens (tertiary/aromatic N) is 3. The van der Waals surface area contributed by atoms with Crippen LogP contribution in [-0.2, 0) is 6.54 Å². The number of amides is 1. The van der Waals surface area contributed by atoms with Crippen LogP contribution in [0.4, 0.5) is 17.2 Å². The Morgan fingerprint density at radius 3 is 2.52 bits per heavy atom. The second kappa shape index (κ2) is 9.19. The van der Waals surface area contributed by atoms with Crippen molar-refractivity contribution in [2.45, 2.75) is 25.8 Å². The zero-order valence-electron chi connectivity index (χ0n) is 16.3. The topological polar surface area (TPSA) is 70.1 Å². The Morgan fingerprint density at radius 1 is 0.931 bits per heavy atom. The molecule has 6 nitrogen and oxygen atoms in total. The summed E-state index contributed by atoms with van der Waals surface area (Å²) in [7, 11) is 0. The van der Waals surface area contributed by atoms with Crippen LogP contribution in [-0.4, -0.2) is 29.0 Å². The van der Waals surface area contributed by atoms with E-state index in [1.807, 2.05) is 18.2 Å². The number of pyridine rings is 2. The van der Waals surface area contributed by atoms with Crippen molar-refractivity contribution in [3.63, 3.8) is 0 Å². The van der Waals surface area contributed by atoms with E-state index in [-0.39, 0.29) is 5.91 Å². The first-order valence-corrected chi connectivity index (χ1v) is 10.0. The number of rotatable bonds is 6. The number of piperidine rings is 1. The predicted molar refractivity (Wildman–Crippen MR) is 115 cm³/mol. The third-order valence-corrected chi connectivity index (χ3v) is 5.04. The van der Waals surface area contributed by atoms with E-state index in [4.69, 9.17) is 0 Å². The minimum Gasteiger partial charge on any atom is -0.372 e. The molecule has 1 aliphatic rings. The summed E-state index contributed by atoms with van der Waals surface area (Å²) < 4.78 is 0. The van der Waals surface area contributed by atoms with E-state index in [9.17, 15) is 4.79 Å². The minimum absolute atomic E-state index is 0.151. The number of aromatic nitrogens is 2. The smallest absolute Gasteiger partial charge is 0.251 e. The fraction of sp³-hybridized carbons (Fsp3) is 0.261. The van der Waals surface area contributed by atoms with Gasteiger partial charge in [-0.2, -0.15) is 0 Å². The molecule has 1 saturated heterocycles. The zero-order valence-corrected chi connectivity index (χ0v) is 16.3. The molecule has 2 aromatic heterocycles. The van der Waals surface area contributed by atoms with Crippen molar-refractivity contribution >= 4 is 23.1 Å². The molecule has 1 fully saturated rings. The Hall–Kier alpha value is -3.41. The van der Waals surface area contributed by atoms with E-state index in [2.05, 4.69) is 49.8 Å². The van der Waals surface area contributed by atoms with Crippen LogP contribution in [0.25, 0.3) is 0 Å². The molecule has 0 bridgehead atoms. The number of carbonyl (C=O) groups excluding carboxylic acids is 1. The number of nitrogens with one attached hydrogen (secondary N) is 2. The van der Waals surface area contributed by atoms with Crippen molar-refractivity contribution in [3.05, 3.63) is 78.2 Å². The Kier molecular flexibility index (Phi) is 6.00. The Morgan fingerprint density at radius 2 is 1.76 bits per heavy atom. The van der Waals surface area contributed by atoms with Gasteiger partial charge in [-0.25, -0.2) is 4.98 Å². The quantitative estimate of drug-likeness (QED) is 0.665. The molecule has 4 rings (SSSR count). The summed E-state index contributed by atoms with van der Waals surface area (Å²) in [5.41, 5.74) is 3.58. The van der Waals surface area contributed by atoms with Crippen LogP contribution >= 0.6 is 0 Å². The first-order chi connectivity index (χ1) is 14.3. The second-order valence-corrected chi connectivity index (χ2v) is 7.15. The molecule has 0 atom stereocenters. The Bertz CT molecular complexity index is 937. The van der Waals surface area contributed by atoms with Crippen molar-refractivity contribution in [1.82, 2.24) is 15.3 Å². The van der Waals surface area contributed by atoms with Gasteiger partial charge in [0.05, 0.1) is 12.2 Å². The van der Waals surface area contributed by atoms with Crippen LogP contribution < -0.4 is 15.5 Å². The van der Waals surface area contributed by atoms with Crippen LogP contribution in [0.15, 0.2) is 67.0 Å². The lowest BCUT2D eigenvalue weighted by atomic mass is 10.1. The first kappa shape index (κ1) is 18.9. The average Bonchev–Trinajstić information content (AvgIpc) is 2.79. The summed E-state index contributed by atoms with van der Waals surface area (Å²) in [4.78, 5) is 23.4. The van der Waals surface area contributed by atoms with Crippen LogP contribution in [0.3, 0.4) is 0 Å². The van der Waals surface area contributed by atoms with Crippen LogP contribution in [0.5, 0.6) is 0 Å². The Balaban J connectivity index is 1.37. The van der Waals surface area contributed by atoms with Gasteiger partial charge in [0.25, 0.3) is 5.91 Å². The zero-order chi connectivity index (χ0) is 19.9. The molecule has 0 aliphatic carbocycles. The van der Waals surface area contributed by atoms with Gasteiger partial charge < -0.3 is 15.5 Å². The van der Waals surface area contributed by atoms with Crippen molar-refractivity contribution in [2.24, 2.45) is 0 Å². The molecule has 3 heterocycles. The third-order valence-electron chi connectivity index (χ3n) is 5.04. The van der Waals surface area contributed by atoms with E-state index in [0.29, 0.717) is 17.9 Å². The van der Waals surface area contributed by atoms with Gasteiger partial charge in [0.1, 0.15) is 5.82 Å². The molecule has 148 valence electrons. The monoisotopic (exact) mass is 387 g/mol. The predicted octanol–water partition coefficient (Wildman–Crippen LogP) is 4.14. The normalized spacial score (nSPS) is 13.7. The minimum atomic E-state index is -0.151. The molecule has 6 heteroatoms. The van der Waals surface area contributed by atoms with Crippen LogP contribution in [0.1, 0.15) is 35.3 Å². The van der Waals surface area contributed by atoms with E-state index >= 15 is 0 Å². The fourth-order valence-corrected chi connectivity index (χ4v) is 3.47. The standard InChI is InChI=1S/C23H25N5O/c29-23(26-17-20-6-2-3-12-24-20)18-11-13-25-22(16-18)27-19-7-9-21(10-8-19)28-14-4-1-5-15-28/h2-3,6-13,16H,1,4-5,14-15,17H2,(H,25,27)(H,26,29). The van der Waals surface area contributed by atoms with E-state index in [1.54, 1.807) is 24.5 Å². The first-order valence-electron chi connectivity index (χ1n) is 10.0. The van der Waals surface area contributed by atoms with Crippen LogP contribution in [0.2, 0.25) is 0 Å². The SMILES string of the molecule is O=C(NCc1ccccn1)c1ccnc(Nc2ccc(N3CCCCC3)cc2)c1. The summed E-state index contributed by atoms with van der Waals surface area (Å²) in [5.74, 6) is 0.489. The maximum absolute atomic E-state index is 12.4. The number of carbonyl (C=O) groups is 1. The fourth-order valence-electron chi connectivity index (χ4n) is 3.47. The van der Waals surface area contributed by atoms with Gasteiger partial charge in [0, 0.05) is 42.4 Å². The van der Waals surface area contributed by atoms with Gasteiger partial charge in [-0.3, -0.25) is 9.78 Å². The number of benzene rings is 1. The number of hydrogen-bond acceptors (Lipinski definition) is 5. The molecule has 1 aliphatic heterocycles. The van der Waals surface area contributed by atoms with Gasteiger partial charge in [0.15, 0.2) is 0 Å². The van der Waals surface area contributed by atoms with Gasteiger partial charge in [-0.05, 0) is 67.8 Å². The Labute approximate surface area is 171 Å². The molecule has 1 aromatic carbocycles. The second-order valence-electron chi connectivity index (χ2n) is 7.15. The van der Waals surface area contributed by atoms with E-state index < -0.39 is 0 Å². The molecule has 29 heavy (non-hydrogen) atoms. The lowest BCUT2D eigenvalue weighted by Crippen LogP contribution is -2.29. The van der Waals surface area contributed by atoms with Crippen LogP contribution in [0, 0.1) is 0 Å². The molecule has 0 saturated carbocycles. The van der Waals surface area contributed by atoms with Gasteiger partial charge >= 0.3 is 0 Å². The summed E-state index contributed by atoms with van der Waals surface area (Å²) in [6, 6.07) is 17.5. The molecule has 0 radical (unpaired) electrons. The molecule has 3 aromatic rings. The molecular formula is C23H25N5O. The highest BCUT2D eigenvalue weighted by Crippen LogP contribution is 2.23. The largest absolute Gasteiger partial charge is 0.372 e. The van der Waals surface area contributed by atoms with Crippen molar-refractivity contribution in [1.29, 1.82) is 0 Å². The lowest BCUT2D eigenvalue weighted by molar-refractivity contribution is 0.0950. The third kappa shape index (κ3) is 5.10. The summed E-state index contributed by atoms with van der Waals surface area (Å²) in [6.07, 6.45) is 7.21. The maximum atomic E-state index is 12.4. The summed E-state index contributed by atoms with van der Waals surface area (Å²) >= 11 is 0. The van der Waals surface area contributed by atoms with Gasteiger partial charge in [0.2, 0.25) is 0 Å². The highest BCUT2D eigenvalue weighted by atomic mass is 16.1. The summed E-state index contributed by atoms with van der Waals surface area (Å²) in [6.45, 7) is 2.65. The lowest BCUT2D eigenvalue weighted by Gasteiger charge is -2.28. The molecule has 0 unspecified atom stereocenters. The van der Waals surface area contributed by atoms with Crippen molar-refractivity contribution in [2.75, 3.05) is 23.3 Å². The molecular weight excluding hydrogens is 362 g/mol. The van der Waals surface area contributed by atoms with Crippen molar-refractivity contribution in [3.8, 4) is 0 Å². The average molecular weight is 387 g/mol. The molecule has 2 N–H and O–H groups in total. The van der Waals surface area contributed by atoms with Gasteiger partial charge in [-0.1, -0.05) is 6.07 Å². The molecule has 1 amide bonds. The highest BCUT2D eigenvalue weighted by molar-refractivity contribution is 5.94. The summed E-state index contributed by atoms with van der Waals surface area (Å²) in [5, 5.41) is 6.17. The van der Waals surface area contributed by atoms with E-state index in [0.717, 1.165) is 24.5 Å². The number of anilines is 3.